The van der Waals surface area contributed by atoms with Gasteiger partial charge in [-0.2, -0.15) is 13.2 Å². The number of methoxy groups -OCH3 is 2. The van der Waals surface area contributed by atoms with E-state index >= 15 is 0 Å². The number of benzene rings is 1. The normalized spacial score (nSPS) is 12.2. The first-order chi connectivity index (χ1) is 10.9. The fourth-order valence-corrected chi connectivity index (χ4v) is 1.92. The number of aliphatic imine (C=N–C) groups is 1. The molecule has 0 fully saturated rings. The molecule has 1 aromatic carbocycles. The van der Waals surface area contributed by atoms with Crippen molar-refractivity contribution >= 4 is 5.96 Å². The molecule has 8 heteroatoms. The van der Waals surface area contributed by atoms with Crippen LogP contribution in [0, 0.1) is 0 Å². The molecule has 0 atom stereocenters. The minimum absolute atomic E-state index is 0.00277. The maximum Gasteiger partial charge on any atom is 0.416 e. The van der Waals surface area contributed by atoms with Crippen LogP contribution in [0.3, 0.4) is 0 Å². The Bertz CT molecular complexity index is 519. The van der Waals surface area contributed by atoms with Gasteiger partial charge >= 0.3 is 6.18 Å². The molecule has 23 heavy (non-hydrogen) atoms. The van der Waals surface area contributed by atoms with Gasteiger partial charge in [0.05, 0.1) is 12.7 Å². The van der Waals surface area contributed by atoms with Crippen molar-refractivity contribution in [2.24, 2.45) is 4.99 Å². The summed E-state index contributed by atoms with van der Waals surface area (Å²) in [4.78, 5) is 3.97. The van der Waals surface area contributed by atoms with Crippen LogP contribution < -0.4 is 15.4 Å². The van der Waals surface area contributed by atoms with E-state index in [-0.39, 0.29) is 17.9 Å². The van der Waals surface area contributed by atoms with Crippen molar-refractivity contribution in [3.05, 3.63) is 29.3 Å². The van der Waals surface area contributed by atoms with Crippen LogP contribution in [0.15, 0.2) is 23.2 Å². The van der Waals surface area contributed by atoms with Gasteiger partial charge in [-0.05, 0) is 24.1 Å². The number of ether oxygens (including phenoxy) is 2. The van der Waals surface area contributed by atoms with E-state index in [2.05, 4.69) is 15.6 Å². The van der Waals surface area contributed by atoms with Crippen molar-refractivity contribution in [1.82, 2.24) is 10.6 Å². The molecule has 0 amide bonds. The SMILES string of the molecule is CN=C(NCCCOC)NCc1ccc(OC)cc1C(F)(F)F. The van der Waals surface area contributed by atoms with Crippen LogP contribution >= 0.6 is 0 Å². The van der Waals surface area contributed by atoms with E-state index in [4.69, 9.17) is 9.47 Å². The minimum Gasteiger partial charge on any atom is -0.497 e. The number of nitrogens with one attached hydrogen (secondary N) is 2. The van der Waals surface area contributed by atoms with Gasteiger partial charge in [-0.3, -0.25) is 4.99 Å². The summed E-state index contributed by atoms with van der Waals surface area (Å²) in [5.74, 6) is 0.605. The molecular formula is C15H22F3N3O2. The topological polar surface area (TPSA) is 54.9 Å². The summed E-state index contributed by atoms with van der Waals surface area (Å²) in [5, 5.41) is 5.88. The molecule has 0 spiro atoms. The summed E-state index contributed by atoms with van der Waals surface area (Å²) in [6, 6.07) is 3.89. The van der Waals surface area contributed by atoms with E-state index in [1.165, 1.54) is 19.2 Å². The molecule has 5 nitrogen and oxygen atoms in total. The number of halogens is 3. The van der Waals surface area contributed by atoms with E-state index < -0.39 is 11.7 Å². The van der Waals surface area contributed by atoms with Crippen molar-refractivity contribution in [2.45, 2.75) is 19.1 Å². The number of hydrogen-bond donors (Lipinski definition) is 2. The molecule has 0 radical (unpaired) electrons. The zero-order valence-corrected chi connectivity index (χ0v) is 13.5. The van der Waals surface area contributed by atoms with Crippen molar-refractivity contribution < 1.29 is 22.6 Å². The van der Waals surface area contributed by atoms with E-state index in [1.54, 1.807) is 14.2 Å². The molecular weight excluding hydrogens is 311 g/mol. The molecule has 0 aromatic heterocycles. The highest BCUT2D eigenvalue weighted by atomic mass is 19.4. The average Bonchev–Trinajstić information content (AvgIpc) is 2.53. The Balaban J connectivity index is 2.72. The molecule has 0 heterocycles. The minimum atomic E-state index is -4.44. The highest BCUT2D eigenvalue weighted by Gasteiger charge is 2.33. The van der Waals surface area contributed by atoms with Crippen LogP contribution in [0.5, 0.6) is 5.75 Å². The standard InChI is InChI=1S/C15H22F3N3O2/c1-19-14(20-7-4-8-22-2)21-10-11-5-6-12(23-3)9-13(11)15(16,17)18/h5-6,9H,4,7-8,10H2,1-3H3,(H2,19,20,21). The van der Waals surface area contributed by atoms with Crippen LogP contribution in [-0.4, -0.2) is 40.4 Å². The van der Waals surface area contributed by atoms with Crippen LogP contribution in [-0.2, 0) is 17.5 Å². The second kappa shape index (κ2) is 9.24. The van der Waals surface area contributed by atoms with E-state index in [9.17, 15) is 13.2 Å². The van der Waals surface area contributed by atoms with Gasteiger partial charge in [-0.1, -0.05) is 6.07 Å². The molecule has 0 saturated heterocycles. The molecule has 0 aliphatic heterocycles. The molecule has 0 bridgehead atoms. The summed E-state index contributed by atoms with van der Waals surface area (Å²) >= 11 is 0. The van der Waals surface area contributed by atoms with Crippen LogP contribution in [0.4, 0.5) is 13.2 Å². The second-order valence-electron chi connectivity index (χ2n) is 4.72. The van der Waals surface area contributed by atoms with Crippen molar-refractivity contribution in [3.63, 3.8) is 0 Å². The quantitative estimate of drug-likeness (QED) is 0.457. The van der Waals surface area contributed by atoms with Crippen molar-refractivity contribution in [1.29, 1.82) is 0 Å². The Kier molecular flexibility index (Phi) is 7.67. The Morgan fingerprint density at radius 3 is 2.52 bits per heavy atom. The smallest absolute Gasteiger partial charge is 0.416 e. The fraction of sp³-hybridized carbons (Fsp3) is 0.533. The lowest BCUT2D eigenvalue weighted by molar-refractivity contribution is -0.138. The van der Waals surface area contributed by atoms with Gasteiger partial charge in [0, 0.05) is 33.9 Å². The Labute approximate surface area is 133 Å². The number of nitrogens with zero attached hydrogens (tertiary/aromatic N) is 1. The molecule has 130 valence electrons. The molecule has 2 N–H and O–H groups in total. The Hall–Kier alpha value is -1.96. The summed E-state index contributed by atoms with van der Waals surface area (Å²) in [6.07, 6.45) is -3.67. The Morgan fingerprint density at radius 2 is 1.96 bits per heavy atom. The number of hydrogen-bond acceptors (Lipinski definition) is 3. The average molecular weight is 333 g/mol. The predicted molar refractivity (Wildman–Crippen MR) is 82.7 cm³/mol. The largest absolute Gasteiger partial charge is 0.497 e. The third-order valence-corrected chi connectivity index (χ3v) is 3.11. The first-order valence-electron chi connectivity index (χ1n) is 7.10. The molecule has 0 unspecified atom stereocenters. The molecule has 1 rings (SSSR count). The zero-order chi connectivity index (χ0) is 17.3. The highest BCUT2D eigenvalue weighted by Crippen LogP contribution is 2.34. The van der Waals surface area contributed by atoms with Gasteiger partial charge in [0.25, 0.3) is 0 Å². The zero-order valence-electron chi connectivity index (χ0n) is 13.5. The fourth-order valence-electron chi connectivity index (χ4n) is 1.92. The van der Waals surface area contributed by atoms with E-state index in [1.807, 2.05) is 0 Å². The summed E-state index contributed by atoms with van der Waals surface area (Å²) < 4.78 is 49.1. The van der Waals surface area contributed by atoms with Gasteiger partial charge in [0.2, 0.25) is 0 Å². The maximum atomic E-state index is 13.1. The van der Waals surface area contributed by atoms with Gasteiger partial charge < -0.3 is 20.1 Å². The lowest BCUT2D eigenvalue weighted by atomic mass is 10.1. The molecule has 0 saturated carbocycles. The van der Waals surface area contributed by atoms with Crippen molar-refractivity contribution in [2.75, 3.05) is 34.4 Å². The van der Waals surface area contributed by atoms with Gasteiger partial charge in [-0.25, -0.2) is 0 Å². The van der Waals surface area contributed by atoms with Crippen LogP contribution in [0.2, 0.25) is 0 Å². The maximum absolute atomic E-state index is 13.1. The van der Waals surface area contributed by atoms with Crippen LogP contribution in [0.1, 0.15) is 17.5 Å². The number of alkyl halides is 3. The van der Waals surface area contributed by atoms with Gasteiger partial charge in [-0.15, -0.1) is 0 Å². The van der Waals surface area contributed by atoms with Gasteiger partial charge in [0.15, 0.2) is 5.96 Å². The third kappa shape index (κ3) is 6.35. The van der Waals surface area contributed by atoms with E-state index in [0.29, 0.717) is 19.1 Å². The molecule has 0 aliphatic rings. The third-order valence-electron chi connectivity index (χ3n) is 3.11. The number of guanidine groups is 1. The highest BCUT2D eigenvalue weighted by molar-refractivity contribution is 5.79. The second-order valence-corrected chi connectivity index (χ2v) is 4.72. The Morgan fingerprint density at radius 1 is 1.22 bits per heavy atom. The monoisotopic (exact) mass is 333 g/mol. The number of rotatable bonds is 7. The summed E-state index contributed by atoms with van der Waals surface area (Å²) in [5.41, 5.74) is -0.600. The van der Waals surface area contributed by atoms with Gasteiger partial charge in [0.1, 0.15) is 5.75 Å². The van der Waals surface area contributed by atoms with Crippen LogP contribution in [0.25, 0.3) is 0 Å². The summed E-state index contributed by atoms with van der Waals surface area (Å²) in [7, 11) is 4.50. The lowest BCUT2D eigenvalue weighted by Crippen LogP contribution is -2.37. The first-order valence-corrected chi connectivity index (χ1v) is 7.10. The van der Waals surface area contributed by atoms with Crippen molar-refractivity contribution in [3.8, 4) is 5.75 Å². The lowest BCUT2D eigenvalue weighted by Gasteiger charge is -2.16. The molecule has 0 aliphatic carbocycles. The predicted octanol–water partition coefficient (Wildman–Crippen LogP) is 2.42. The summed E-state index contributed by atoms with van der Waals surface area (Å²) in [6.45, 7) is 1.21. The molecule has 1 aromatic rings. The van der Waals surface area contributed by atoms with E-state index in [0.717, 1.165) is 12.5 Å². The first kappa shape index (κ1) is 19.1.